The van der Waals surface area contributed by atoms with E-state index in [1.54, 1.807) is 23.5 Å². The van der Waals surface area contributed by atoms with Crippen molar-refractivity contribution >= 4 is 17.2 Å². The van der Waals surface area contributed by atoms with Crippen LogP contribution in [0.4, 0.5) is 0 Å². The zero-order valence-electron chi connectivity index (χ0n) is 15.4. The van der Waals surface area contributed by atoms with Gasteiger partial charge in [0.1, 0.15) is 0 Å². The zero-order valence-corrected chi connectivity index (χ0v) is 16.2. The van der Waals surface area contributed by atoms with Gasteiger partial charge >= 0.3 is 0 Å². The number of hydrogen-bond acceptors (Lipinski definition) is 5. The van der Waals surface area contributed by atoms with Crippen LogP contribution in [0.3, 0.4) is 0 Å². The minimum atomic E-state index is -0.238. The van der Waals surface area contributed by atoms with Gasteiger partial charge in [-0.05, 0) is 29.1 Å². The zero-order chi connectivity index (χ0) is 19.2. The number of hydrogen-bond donors (Lipinski definition) is 1. The molecule has 1 heterocycles. The summed E-state index contributed by atoms with van der Waals surface area (Å²) in [7, 11) is 4.58. The lowest BCUT2D eigenvalue weighted by atomic mass is 10.0. The van der Waals surface area contributed by atoms with Gasteiger partial charge in [-0.3, -0.25) is 4.79 Å². The molecule has 6 heteroatoms. The molecule has 0 aliphatic carbocycles. The lowest BCUT2D eigenvalue weighted by Crippen LogP contribution is -2.28. The second-order valence-corrected chi connectivity index (χ2v) is 6.73. The molecule has 0 spiro atoms. The molecule has 1 N–H and O–H groups in total. The molecule has 1 unspecified atom stereocenters. The first-order valence-electron chi connectivity index (χ1n) is 8.37. The summed E-state index contributed by atoms with van der Waals surface area (Å²) in [6.45, 7) is 0. The van der Waals surface area contributed by atoms with E-state index in [4.69, 9.17) is 14.2 Å². The Morgan fingerprint density at radius 2 is 1.59 bits per heavy atom. The maximum Gasteiger partial charge on any atom is 0.252 e. The van der Waals surface area contributed by atoms with Crippen LogP contribution in [0.5, 0.6) is 17.2 Å². The monoisotopic (exact) mass is 383 g/mol. The molecule has 3 rings (SSSR count). The van der Waals surface area contributed by atoms with E-state index in [-0.39, 0.29) is 11.9 Å². The van der Waals surface area contributed by atoms with Gasteiger partial charge in [-0.2, -0.15) is 0 Å². The van der Waals surface area contributed by atoms with Crippen molar-refractivity contribution in [1.29, 1.82) is 0 Å². The number of thiophene rings is 1. The van der Waals surface area contributed by atoms with Crippen LogP contribution in [0, 0.1) is 0 Å². The molecule has 1 atom stereocenters. The number of carbonyl (C=O) groups is 1. The first kappa shape index (κ1) is 18.8. The summed E-state index contributed by atoms with van der Waals surface area (Å²) >= 11 is 1.60. The molecular weight excluding hydrogens is 362 g/mol. The number of amides is 1. The van der Waals surface area contributed by atoms with Gasteiger partial charge in [-0.1, -0.05) is 36.4 Å². The van der Waals surface area contributed by atoms with Crippen LogP contribution < -0.4 is 19.5 Å². The van der Waals surface area contributed by atoms with E-state index < -0.39 is 0 Å². The number of ether oxygens (including phenoxy) is 3. The number of methoxy groups -OCH3 is 3. The molecule has 27 heavy (non-hydrogen) atoms. The molecule has 1 aromatic heterocycles. The first-order valence-corrected chi connectivity index (χ1v) is 9.25. The van der Waals surface area contributed by atoms with Crippen molar-refractivity contribution in [2.75, 3.05) is 21.3 Å². The quantitative estimate of drug-likeness (QED) is 0.661. The average molecular weight is 383 g/mol. The summed E-state index contributed by atoms with van der Waals surface area (Å²) in [6, 6.07) is 16.9. The molecule has 0 saturated carbocycles. The highest BCUT2D eigenvalue weighted by atomic mass is 32.1. The number of benzene rings is 2. The van der Waals surface area contributed by atoms with Crippen molar-refractivity contribution in [2.24, 2.45) is 0 Å². The smallest absolute Gasteiger partial charge is 0.252 e. The Hall–Kier alpha value is -2.99. The maximum absolute atomic E-state index is 13.0. The van der Waals surface area contributed by atoms with Gasteiger partial charge in [0.15, 0.2) is 11.5 Å². The minimum Gasteiger partial charge on any atom is -0.493 e. The first-order chi connectivity index (χ1) is 13.2. The van der Waals surface area contributed by atoms with Crippen molar-refractivity contribution in [3.8, 4) is 17.2 Å². The van der Waals surface area contributed by atoms with Crippen molar-refractivity contribution in [2.45, 2.75) is 6.04 Å². The number of carbonyl (C=O) groups excluding carboxylic acids is 1. The highest BCUT2D eigenvalue weighted by molar-refractivity contribution is 7.10. The Morgan fingerprint density at radius 3 is 2.11 bits per heavy atom. The summed E-state index contributed by atoms with van der Waals surface area (Å²) < 4.78 is 16.0. The summed E-state index contributed by atoms with van der Waals surface area (Å²) in [5, 5.41) is 5.11. The van der Waals surface area contributed by atoms with Crippen LogP contribution in [0.15, 0.2) is 60.0 Å². The highest BCUT2D eigenvalue weighted by Gasteiger charge is 2.21. The summed E-state index contributed by atoms with van der Waals surface area (Å²) in [6.07, 6.45) is 0. The average Bonchev–Trinajstić information content (AvgIpc) is 3.25. The third-order valence-electron chi connectivity index (χ3n) is 4.16. The summed E-state index contributed by atoms with van der Waals surface area (Å²) in [5.74, 6) is 1.11. The third-order valence-corrected chi connectivity index (χ3v) is 5.10. The second kappa shape index (κ2) is 8.60. The Bertz CT molecular complexity index is 869. The van der Waals surface area contributed by atoms with E-state index in [0.717, 1.165) is 10.4 Å². The van der Waals surface area contributed by atoms with Gasteiger partial charge in [0.25, 0.3) is 5.91 Å². The van der Waals surface area contributed by atoms with Crippen LogP contribution >= 0.6 is 11.3 Å². The van der Waals surface area contributed by atoms with Gasteiger partial charge in [-0.25, -0.2) is 0 Å². The summed E-state index contributed by atoms with van der Waals surface area (Å²) in [5.41, 5.74) is 1.45. The van der Waals surface area contributed by atoms with E-state index in [0.29, 0.717) is 22.8 Å². The number of rotatable bonds is 7. The topological polar surface area (TPSA) is 56.8 Å². The molecule has 5 nitrogen and oxygen atoms in total. The van der Waals surface area contributed by atoms with Crippen molar-refractivity contribution in [1.82, 2.24) is 5.32 Å². The van der Waals surface area contributed by atoms with Gasteiger partial charge in [0, 0.05) is 10.4 Å². The predicted octanol–water partition coefficient (Wildman–Crippen LogP) is 4.29. The molecule has 0 saturated heterocycles. The maximum atomic E-state index is 13.0. The fourth-order valence-corrected chi connectivity index (χ4v) is 3.65. The Morgan fingerprint density at radius 1 is 0.926 bits per heavy atom. The van der Waals surface area contributed by atoms with Gasteiger partial charge in [0.2, 0.25) is 5.75 Å². The Kier molecular flexibility index (Phi) is 5.98. The van der Waals surface area contributed by atoms with E-state index in [1.807, 2.05) is 47.8 Å². The standard InChI is InChI=1S/C21H21NO4S/c1-24-16-12-15(13-17(25-2)20(16)26-3)21(23)22-19(18-10-7-11-27-18)14-8-5-4-6-9-14/h4-13,19H,1-3H3,(H,22,23). The Balaban J connectivity index is 1.95. The molecule has 3 aromatic rings. The molecule has 0 aliphatic heterocycles. The third kappa shape index (κ3) is 4.06. The van der Waals surface area contributed by atoms with E-state index in [2.05, 4.69) is 5.32 Å². The molecular formula is C21H21NO4S. The van der Waals surface area contributed by atoms with Gasteiger partial charge in [-0.15, -0.1) is 11.3 Å². The fraction of sp³-hybridized carbons (Fsp3) is 0.190. The van der Waals surface area contributed by atoms with Crippen LogP contribution in [-0.4, -0.2) is 27.2 Å². The molecule has 0 bridgehead atoms. The van der Waals surface area contributed by atoms with Gasteiger partial charge in [0.05, 0.1) is 27.4 Å². The molecule has 0 fully saturated rings. The molecule has 0 radical (unpaired) electrons. The van der Waals surface area contributed by atoms with Gasteiger partial charge < -0.3 is 19.5 Å². The molecule has 0 aliphatic rings. The minimum absolute atomic E-state index is 0.225. The normalized spacial score (nSPS) is 11.5. The SMILES string of the molecule is COc1cc(C(=O)NC(c2ccccc2)c2cccs2)cc(OC)c1OC. The van der Waals surface area contributed by atoms with E-state index in [1.165, 1.54) is 21.3 Å². The fourth-order valence-electron chi connectivity index (χ4n) is 2.85. The van der Waals surface area contributed by atoms with Crippen LogP contribution in [-0.2, 0) is 0 Å². The van der Waals surface area contributed by atoms with E-state index in [9.17, 15) is 4.79 Å². The van der Waals surface area contributed by atoms with E-state index >= 15 is 0 Å². The highest BCUT2D eigenvalue weighted by Crippen LogP contribution is 2.38. The number of nitrogens with one attached hydrogen (secondary N) is 1. The van der Waals surface area contributed by atoms with Crippen LogP contribution in [0.2, 0.25) is 0 Å². The lowest BCUT2D eigenvalue weighted by molar-refractivity contribution is 0.0942. The lowest BCUT2D eigenvalue weighted by Gasteiger charge is -2.19. The largest absolute Gasteiger partial charge is 0.493 e. The van der Waals surface area contributed by atoms with Crippen LogP contribution in [0.25, 0.3) is 0 Å². The molecule has 1 amide bonds. The van der Waals surface area contributed by atoms with Crippen molar-refractivity contribution in [3.63, 3.8) is 0 Å². The second-order valence-electron chi connectivity index (χ2n) is 5.75. The predicted molar refractivity (Wildman–Crippen MR) is 106 cm³/mol. The van der Waals surface area contributed by atoms with Crippen LogP contribution in [0.1, 0.15) is 26.8 Å². The molecule has 140 valence electrons. The summed E-state index contributed by atoms with van der Waals surface area (Å²) in [4.78, 5) is 14.1. The van der Waals surface area contributed by atoms with Crippen molar-refractivity contribution in [3.05, 3.63) is 76.0 Å². The Labute approximate surface area is 162 Å². The molecule has 2 aromatic carbocycles. The van der Waals surface area contributed by atoms with Crippen molar-refractivity contribution < 1.29 is 19.0 Å².